The minimum Gasteiger partial charge on any atom is -0.451 e. The van der Waals surface area contributed by atoms with Gasteiger partial charge in [0.25, 0.3) is 0 Å². The molecule has 1 amide bonds. The fourth-order valence-electron chi connectivity index (χ4n) is 3.59. The molecule has 0 saturated heterocycles. The number of ether oxygens (including phenoxy) is 1. The molecule has 0 spiro atoms. The second-order valence-corrected chi connectivity index (χ2v) is 6.51. The van der Waals surface area contributed by atoms with E-state index in [-0.39, 0.29) is 6.04 Å². The number of rotatable bonds is 5. The van der Waals surface area contributed by atoms with Gasteiger partial charge in [-0.1, -0.05) is 30.3 Å². The van der Waals surface area contributed by atoms with Crippen LogP contribution in [0.1, 0.15) is 22.9 Å². The van der Waals surface area contributed by atoms with Crippen molar-refractivity contribution < 1.29 is 9.53 Å². The molecule has 140 valence electrons. The van der Waals surface area contributed by atoms with Crippen molar-refractivity contribution in [3.8, 4) is 0 Å². The Morgan fingerprint density at radius 1 is 1.26 bits per heavy atom. The summed E-state index contributed by atoms with van der Waals surface area (Å²) in [5.41, 5.74) is 13.8. The number of methoxy groups -OCH3 is 1. The average Bonchev–Trinajstić information content (AvgIpc) is 3.29. The Balaban J connectivity index is 1.75. The molecule has 27 heavy (non-hydrogen) atoms. The Hall–Kier alpha value is -3.03. The first-order valence-electron chi connectivity index (χ1n) is 8.97. The largest absolute Gasteiger partial charge is 0.451 e. The van der Waals surface area contributed by atoms with Crippen molar-refractivity contribution in [2.24, 2.45) is 5.73 Å². The lowest BCUT2D eigenvalue weighted by molar-refractivity contribution is 0.126. The maximum absolute atomic E-state index is 12.3. The molecule has 0 saturated carbocycles. The molecule has 5 N–H and O–H groups in total. The van der Waals surface area contributed by atoms with Crippen LogP contribution in [0.3, 0.4) is 0 Å². The van der Waals surface area contributed by atoms with E-state index in [1.165, 1.54) is 17.7 Å². The summed E-state index contributed by atoms with van der Waals surface area (Å²) in [4.78, 5) is 15.8. The van der Waals surface area contributed by atoms with Gasteiger partial charge in [-0.05, 0) is 23.8 Å². The van der Waals surface area contributed by atoms with E-state index in [2.05, 4.69) is 27.9 Å². The standard InChI is InChI=1S/C20H23N5O2/c1-27-20(26)25-19(14-6-2-3-7-17(14)24-25)18-11-15-13(12-22-10-9-21)5-4-8-16(15)23-18/h2-8,11,19,22-24H,9-10,12,21H2,1H3. The number of fused-ring (bicyclic) bond motifs is 2. The summed E-state index contributed by atoms with van der Waals surface area (Å²) in [7, 11) is 1.39. The summed E-state index contributed by atoms with van der Waals surface area (Å²) < 4.78 is 4.97. The van der Waals surface area contributed by atoms with Crippen LogP contribution in [0, 0.1) is 0 Å². The van der Waals surface area contributed by atoms with Crippen LogP contribution in [-0.2, 0) is 11.3 Å². The van der Waals surface area contributed by atoms with Crippen LogP contribution in [0.15, 0.2) is 48.5 Å². The van der Waals surface area contributed by atoms with Crippen molar-refractivity contribution in [3.05, 3.63) is 65.4 Å². The number of nitrogens with two attached hydrogens (primary N) is 1. The fourth-order valence-corrected chi connectivity index (χ4v) is 3.59. The van der Waals surface area contributed by atoms with Gasteiger partial charge in [0.2, 0.25) is 0 Å². The van der Waals surface area contributed by atoms with E-state index in [1.807, 2.05) is 36.4 Å². The molecule has 4 rings (SSSR count). The Morgan fingerprint density at radius 2 is 2.11 bits per heavy atom. The van der Waals surface area contributed by atoms with E-state index in [9.17, 15) is 4.79 Å². The number of carbonyl (C=O) groups is 1. The maximum atomic E-state index is 12.3. The lowest BCUT2D eigenvalue weighted by Crippen LogP contribution is -2.35. The van der Waals surface area contributed by atoms with Gasteiger partial charge in [0, 0.05) is 41.8 Å². The highest BCUT2D eigenvalue weighted by Crippen LogP contribution is 2.40. The number of para-hydroxylation sites is 1. The zero-order chi connectivity index (χ0) is 18.8. The van der Waals surface area contributed by atoms with Crippen LogP contribution >= 0.6 is 0 Å². The third-order valence-corrected chi connectivity index (χ3v) is 4.83. The Kier molecular flexibility index (Phi) is 4.70. The Bertz CT molecular complexity index is 968. The lowest BCUT2D eigenvalue weighted by atomic mass is 10.0. The van der Waals surface area contributed by atoms with E-state index in [0.717, 1.165) is 40.9 Å². The van der Waals surface area contributed by atoms with Gasteiger partial charge < -0.3 is 20.8 Å². The molecule has 2 aromatic carbocycles. The zero-order valence-corrected chi connectivity index (χ0v) is 15.2. The number of aromatic nitrogens is 1. The minimum atomic E-state index is -0.431. The SMILES string of the molecule is COC(=O)N1Nc2ccccc2C1c1cc2c(CNCCN)cccc2[nH]1. The third-order valence-electron chi connectivity index (χ3n) is 4.83. The number of H-pyrrole nitrogens is 1. The molecule has 3 aromatic rings. The normalized spacial score (nSPS) is 15.6. The van der Waals surface area contributed by atoms with E-state index >= 15 is 0 Å². The van der Waals surface area contributed by atoms with Crippen LogP contribution in [0.2, 0.25) is 0 Å². The number of carbonyl (C=O) groups excluding carboxylic acids is 1. The van der Waals surface area contributed by atoms with E-state index in [0.29, 0.717) is 6.54 Å². The number of aromatic amines is 1. The van der Waals surface area contributed by atoms with E-state index < -0.39 is 6.09 Å². The molecular weight excluding hydrogens is 342 g/mol. The van der Waals surface area contributed by atoms with Gasteiger partial charge in [0.05, 0.1) is 12.8 Å². The first-order valence-corrected chi connectivity index (χ1v) is 8.97. The molecule has 0 fully saturated rings. The number of hydrazine groups is 1. The van der Waals surface area contributed by atoms with Crippen LogP contribution in [0.4, 0.5) is 10.5 Å². The number of nitrogens with zero attached hydrogens (tertiary/aromatic N) is 1. The van der Waals surface area contributed by atoms with Crippen LogP contribution in [-0.4, -0.2) is 36.3 Å². The van der Waals surface area contributed by atoms with E-state index in [1.54, 1.807) is 0 Å². The van der Waals surface area contributed by atoms with Gasteiger partial charge in [0.15, 0.2) is 0 Å². The second kappa shape index (κ2) is 7.30. The molecule has 7 heteroatoms. The lowest BCUT2D eigenvalue weighted by Gasteiger charge is -2.22. The van der Waals surface area contributed by atoms with Gasteiger partial charge in [-0.25, -0.2) is 9.80 Å². The maximum Gasteiger partial charge on any atom is 0.429 e. The average molecular weight is 365 g/mol. The highest BCUT2D eigenvalue weighted by atomic mass is 16.5. The van der Waals surface area contributed by atoms with Crippen molar-refractivity contribution in [1.82, 2.24) is 15.3 Å². The van der Waals surface area contributed by atoms with Gasteiger partial charge in [-0.2, -0.15) is 0 Å². The summed E-state index contributed by atoms with van der Waals surface area (Å²) in [6, 6.07) is 15.9. The summed E-state index contributed by atoms with van der Waals surface area (Å²) in [6.07, 6.45) is -0.431. The van der Waals surface area contributed by atoms with Gasteiger partial charge in [0.1, 0.15) is 6.04 Å². The molecular formula is C20H23N5O2. The number of hydrogen-bond acceptors (Lipinski definition) is 5. The summed E-state index contributed by atoms with van der Waals surface area (Å²) >= 11 is 0. The van der Waals surface area contributed by atoms with Crippen molar-refractivity contribution >= 4 is 22.7 Å². The Morgan fingerprint density at radius 3 is 2.93 bits per heavy atom. The van der Waals surface area contributed by atoms with Crippen LogP contribution < -0.4 is 16.5 Å². The minimum absolute atomic E-state index is 0.286. The summed E-state index contributed by atoms with van der Waals surface area (Å²) in [5, 5.41) is 5.98. The summed E-state index contributed by atoms with van der Waals surface area (Å²) in [6.45, 7) is 2.11. The van der Waals surface area contributed by atoms with Gasteiger partial charge in [-0.15, -0.1) is 0 Å². The molecule has 1 aliphatic heterocycles. The number of nitrogens with one attached hydrogen (secondary N) is 3. The molecule has 2 heterocycles. The topological polar surface area (TPSA) is 95.4 Å². The third kappa shape index (κ3) is 3.11. The molecule has 0 bridgehead atoms. The molecule has 1 atom stereocenters. The molecule has 7 nitrogen and oxygen atoms in total. The predicted molar refractivity (Wildman–Crippen MR) is 105 cm³/mol. The fraction of sp³-hybridized carbons (Fsp3) is 0.250. The number of benzene rings is 2. The highest BCUT2D eigenvalue weighted by Gasteiger charge is 2.36. The van der Waals surface area contributed by atoms with Crippen LogP contribution in [0.5, 0.6) is 0 Å². The monoisotopic (exact) mass is 365 g/mol. The zero-order valence-electron chi connectivity index (χ0n) is 15.2. The number of amides is 1. The van der Waals surface area contributed by atoms with Crippen molar-refractivity contribution in [2.75, 3.05) is 25.6 Å². The predicted octanol–water partition coefficient (Wildman–Crippen LogP) is 2.71. The molecule has 0 radical (unpaired) electrons. The molecule has 1 aliphatic rings. The number of hydrogen-bond donors (Lipinski definition) is 4. The smallest absolute Gasteiger partial charge is 0.429 e. The second-order valence-electron chi connectivity index (χ2n) is 6.51. The van der Waals surface area contributed by atoms with Gasteiger partial charge >= 0.3 is 6.09 Å². The van der Waals surface area contributed by atoms with Crippen molar-refractivity contribution in [1.29, 1.82) is 0 Å². The van der Waals surface area contributed by atoms with Crippen LogP contribution in [0.25, 0.3) is 10.9 Å². The Labute approximate surface area is 157 Å². The molecule has 0 aliphatic carbocycles. The first-order chi connectivity index (χ1) is 13.2. The van der Waals surface area contributed by atoms with E-state index in [4.69, 9.17) is 10.5 Å². The quantitative estimate of drug-likeness (QED) is 0.522. The van der Waals surface area contributed by atoms with Gasteiger partial charge in [-0.3, -0.25) is 5.43 Å². The number of anilines is 1. The first kappa shape index (κ1) is 17.4. The van der Waals surface area contributed by atoms with Crippen molar-refractivity contribution in [3.63, 3.8) is 0 Å². The highest BCUT2D eigenvalue weighted by molar-refractivity contribution is 5.85. The molecule has 1 unspecified atom stereocenters. The summed E-state index contributed by atoms with van der Waals surface area (Å²) in [5.74, 6) is 0. The van der Waals surface area contributed by atoms with Crippen molar-refractivity contribution in [2.45, 2.75) is 12.6 Å². The molecule has 1 aromatic heterocycles.